The van der Waals surface area contributed by atoms with Gasteiger partial charge < -0.3 is 9.47 Å². The third-order valence-corrected chi connectivity index (χ3v) is 4.71. The number of halogens is 1. The zero-order valence-corrected chi connectivity index (χ0v) is 15.4. The van der Waals surface area contributed by atoms with Crippen molar-refractivity contribution in [3.05, 3.63) is 66.4 Å². The first-order valence-electron chi connectivity index (χ1n) is 8.00. The van der Waals surface area contributed by atoms with Gasteiger partial charge in [0.15, 0.2) is 6.79 Å². The van der Waals surface area contributed by atoms with E-state index in [1.54, 1.807) is 7.11 Å². The molecule has 1 aromatic heterocycles. The quantitative estimate of drug-likeness (QED) is 0.349. The van der Waals surface area contributed by atoms with Gasteiger partial charge >= 0.3 is 0 Å². The van der Waals surface area contributed by atoms with E-state index in [1.807, 2.05) is 35.0 Å². The van der Waals surface area contributed by atoms with Gasteiger partial charge in [0.2, 0.25) is 0 Å². The highest BCUT2D eigenvalue weighted by Gasteiger charge is 2.17. The van der Waals surface area contributed by atoms with Gasteiger partial charge in [-0.05, 0) is 18.2 Å². The lowest BCUT2D eigenvalue weighted by molar-refractivity contribution is 0.0523. The van der Waals surface area contributed by atoms with Crippen LogP contribution < -0.4 is 4.74 Å². The van der Waals surface area contributed by atoms with E-state index in [1.165, 1.54) is 0 Å². The molecule has 3 aromatic carbocycles. The predicted octanol–water partition coefficient (Wildman–Crippen LogP) is 5.06. The molecule has 4 rings (SSSR count). The molecule has 5 heteroatoms. The van der Waals surface area contributed by atoms with E-state index in [9.17, 15) is 0 Å². The minimum Gasteiger partial charge on any atom is -0.467 e. The fourth-order valence-electron chi connectivity index (χ4n) is 3.10. The Morgan fingerprint density at radius 3 is 2.40 bits per heavy atom. The van der Waals surface area contributed by atoms with Crippen molar-refractivity contribution in [2.45, 2.75) is 5.33 Å². The first kappa shape index (κ1) is 16.1. The van der Waals surface area contributed by atoms with Gasteiger partial charge in [0.05, 0.1) is 16.9 Å². The Hall–Kier alpha value is -2.37. The number of fused-ring (bicyclic) bond motifs is 3. The molecule has 0 saturated carbocycles. The molecule has 4 nitrogen and oxygen atoms in total. The highest BCUT2D eigenvalue weighted by atomic mass is 79.9. The number of para-hydroxylation sites is 1. The van der Waals surface area contributed by atoms with Crippen LogP contribution in [-0.4, -0.2) is 23.7 Å². The van der Waals surface area contributed by atoms with Crippen LogP contribution >= 0.6 is 15.9 Å². The summed E-state index contributed by atoms with van der Waals surface area (Å²) in [6, 6.07) is 20.5. The first-order chi connectivity index (χ1) is 12.3. The van der Waals surface area contributed by atoms with Gasteiger partial charge in [-0.2, -0.15) is 5.10 Å². The fourth-order valence-corrected chi connectivity index (χ4v) is 3.51. The zero-order valence-electron chi connectivity index (χ0n) is 13.8. The highest BCUT2D eigenvalue weighted by molar-refractivity contribution is 9.08. The molecule has 0 unspecified atom stereocenters. The van der Waals surface area contributed by atoms with E-state index in [-0.39, 0.29) is 6.79 Å². The monoisotopic (exact) mass is 396 g/mol. The molecule has 0 aliphatic heterocycles. The largest absolute Gasteiger partial charge is 0.467 e. The Morgan fingerprint density at radius 1 is 0.960 bits per heavy atom. The van der Waals surface area contributed by atoms with Crippen LogP contribution in [0.3, 0.4) is 0 Å². The standard InChI is InChI=1S/C20H17BrN2O2/c1-24-13-25-19-11-17-18(12-21)22-23(14-7-3-2-4-8-14)20(17)16-10-6-5-9-15(16)19/h2-11H,12-13H2,1H3. The molecule has 0 aliphatic carbocycles. The SMILES string of the molecule is COCOc1cc2c(CBr)nn(-c3ccccc3)c2c2ccccc12. The van der Waals surface area contributed by atoms with Crippen molar-refractivity contribution in [3.63, 3.8) is 0 Å². The summed E-state index contributed by atoms with van der Waals surface area (Å²) in [5.41, 5.74) is 3.10. The van der Waals surface area contributed by atoms with Crippen molar-refractivity contribution < 1.29 is 9.47 Å². The molecule has 0 aliphatic rings. The van der Waals surface area contributed by atoms with Crippen LogP contribution in [0.2, 0.25) is 0 Å². The van der Waals surface area contributed by atoms with Crippen molar-refractivity contribution in [1.29, 1.82) is 0 Å². The van der Waals surface area contributed by atoms with Gasteiger partial charge in [0.1, 0.15) is 5.75 Å². The van der Waals surface area contributed by atoms with Crippen molar-refractivity contribution in [3.8, 4) is 11.4 Å². The smallest absolute Gasteiger partial charge is 0.188 e. The van der Waals surface area contributed by atoms with Crippen LogP contribution in [0.1, 0.15) is 5.69 Å². The second-order valence-electron chi connectivity index (χ2n) is 5.69. The van der Waals surface area contributed by atoms with Crippen LogP contribution in [0.5, 0.6) is 5.75 Å². The van der Waals surface area contributed by atoms with Gasteiger partial charge in [-0.25, -0.2) is 4.68 Å². The summed E-state index contributed by atoms with van der Waals surface area (Å²) in [5.74, 6) is 0.805. The lowest BCUT2D eigenvalue weighted by Crippen LogP contribution is -2.00. The van der Waals surface area contributed by atoms with E-state index in [4.69, 9.17) is 14.6 Å². The lowest BCUT2D eigenvalue weighted by Gasteiger charge is -2.11. The molecule has 0 radical (unpaired) electrons. The number of ether oxygens (including phenoxy) is 2. The topological polar surface area (TPSA) is 36.3 Å². The Kier molecular flexibility index (Phi) is 4.42. The van der Waals surface area contributed by atoms with Gasteiger partial charge in [-0.3, -0.25) is 0 Å². The van der Waals surface area contributed by atoms with Crippen molar-refractivity contribution >= 4 is 37.6 Å². The number of hydrogen-bond acceptors (Lipinski definition) is 3. The Bertz CT molecular complexity index is 1030. The molecule has 25 heavy (non-hydrogen) atoms. The van der Waals surface area contributed by atoms with Crippen LogP contribution in [0.25, 0.3) is 27.4 Å². The number of hydrogen-bond donors (Lipinski definition) is 0. The molecule has 0 bridgehead atoms. The second-order valence-corrected chi connectivity index (χ2v) is 6.26. The van der Waals surface area contributed by atoms with Gasteiger partial charge in [-0.1, -0.05) is 58.4 Å². The normalized spacial score (nSPS) is 11.3. The summed E-state index contributed by atoms with van der Waals surface area (Å²) in [7, 11) is 1.62. The van der Waals surface area contributed by atoms with Crippen LogP contribution in [0.4, 0.5) is 0 Å². The number of aromatic nitrogens is 2. The van der Waals surface area contributed by atoms with E-state index in [0.29, 0.717) is 5.33 Å². The number of alkyl halides is 1. The molecule has 126 valence electrons. The molecule has 0 amide bonds. The molecular weight excluding hydrogens is 380 g/mol. The third-order valence-electron chi connectivity index (χ3n) is 4.18. The van der Waals surface area contributed by atoms with Crippen molar-refractivity contribution in [1.82, 2.24) is 9.78 Å². The summed E-state index contributed by atoms with van der Waals surface area (Å²) >= 11 is 3.56. The molecule has 0 atom stereocenters. The summed E-state index contributed by atoms with van der Waals surface area (Å²) in [5, 5.41) is 8.73. The van der Waals surface area contributed by atoms with Crippen LogP contribution in [0.15, 0.2) is 60.7 Å². The summed E-state index contributed by atoms with van der Waals surface area (Å²) in [4.78, 5) is 0. The molecule has 4 aromatic rings. The fraction of sp³-hybridized carbons (Fsp3) is 0.150. The number of benzene rings is 3. The van der Waals surface area contributed by atoms with Crippen LogP contribution in [0, 0.1) is 0 Å². The summed E-state index contributed by atoms with van der Waals surface area (Å²) in [6.45, 7) is 0.214. The Morgan fingerprint density at radius 2 is 1.68 bits per heavy atom. The number of methoxy groups -OCH3 is 1. The summed E-state index contributed by atoms with van der Waals surface area (Å²) in [6.07, 6.45) is 0. The maximum absolute atomic E-state index is 5.82. The predicted molar refractivity (Wildman–Crippen MR) is 104 cm³/mol. The summed E-state index contributed by atoms with van der Waals surface area (Å²) < 4.78 is 12.9. The molecular formula is C20H17BrN2O2. The third kappa shape index (κ3) is 2.79. The molecule has 1 heterocycles. The number of nitrogens with zero attached hydrogens (tertiary/aromatic N) is 2. The maximum atomic E-state index is 5.82. The Balaban J connectivity index is 2.08. The minimum absolute atomic E-state index is 0.214. The molecule has 0 N–H and O–H groups in total. The zero-order chi connectivity index (χ0) is 17.2. The van der Waals surface area contributed by atoms with Gasteiger partial charge in [0, 0.05) is 28.6 Å². The molecule has 0 saturated heterocycles. The average Bonchev–Trinajstić information content (AvgIpc) is 3.05. The van der Waals surface area contributed by atoms with Crippen LogP contribution in [-0.2, 0) is 10.1 Å². The minimum atomic E-state index is 0.214. The van der Waals surface area contributed by atoms with E-state index < -0.39 is 0 Å². The second kappa shape index (κ2) is 6.86. The highest BCUT2D eigenvalue weighted by Crippen LogP contribution is 2.36. The van der Waals surface area contributed by atoms with Gasteiger partial charge in [-0.15, -0.1) is 0 Å². The maximum Gasteiger partial charge on any atom is 0.188 e. The Labute approximate surface area is 154 Å². The molecule has 0 spiro atoms. The first-order valence-corrected chi connectivity index (χ1v) is 9.12. The lowest BCUT2D eigenvalue weighted by atomic mass is 10.0. The van der Waals surface area contributed by atoms with Crippen molar-refractivity contribution in [2.24, 2.45) is 0 Å². The van der Waals surface area contributed by atoms with E-state index >= 15 is 0 Å². The molecule has 0 fully saturated rings. The van der Waals surface area contributed by atoms with E-state index in [2.05, 4.69) is 46.3 Å². The van der Waals surface area contributed by atoms with E-state index in [0.717, 1.165) is 38.8 Å². The number of rotatable bonds is 5. The average molecular weight is 397 g/mol. The van der Waals surface area contributed by atoms with Gasteiger partial charge in [0.25, 0.3) is 0 Å². The van der Waals surface area contributed by atoms with Crippen molar-refractivity contribution in [2.75, 3.05) is 13.9 Å².